The summed E-state index contributed by atoms with van der Waals surface area (Å²) in [6.45, 7) is 1.83. The van der Waals surface area contributed by atoms with Crippen LogP contribution < -0.4 is 0 Å². The van der Waals surface area contributed by atoms with Crippen LogP contribution in [0.3, 0.4) is 0 Å². The molecule has 0 amide bonds. The second-order valence-electron chi connectivity index (χ2n) is 2.04. The van der Waals surface area contributed by atoms with Gasteiger partial charge in [-0.2, -0.15) is 5.26 Å². The average Bonchev–Trinajstić information content (AvgIpc) is 1.97. The molecule has 1 heterocycles. The molecule has 4 heteroatoms. The minimum Gasteiger partial charge on any atom is -0.224 e. The second kappa shape index (κ2) is 3.21. The Labute approximate surface area is 77.9 Å². The lowest BCUT2D eigenvalue weighted by molar-refractivity contribution is 1.20. The molecule has 0 bridgehead atoms. The highest BCUT2D eigenvalue weighted by Crippen LogP contribution is 2.20. The summed E-state index contributed by atoms with van der Waals surface area (Å²) in [6.07, 6.45) is 0. The number of aryl methyl sites for hydroxylation is 1. The molecule has 0 unspecified atom stereocenters. The van der Waals surface area contributed by atoms with Gasteiger partial charge in [-0.25, -0.2) is 4.98 Å². The predicted octanol–water partition coefficient (Wildman–Crippen LogP) is 2.68. The van der Waals surface area contributed by atoms with Gasteiger partial charge >= 0.3 is 0 Å². The molecule has 0 aliphatic rings. The molecule has 0 aromatic carbocycles. The molecule has 0 aliphatic heterocycles. The van der Waals surface area contributed by atoms with Crippen LogP contribution in [0.1, 0.15) is 11.3 Å². The molecule has 56 valence electrons. The molecule has 0 aliphatic carbocycles. The lowest BCUT2D eigenvalue weighted by atomic mass is 10.3. The molecule has 11 heavy (non-hydrogen) atoms. The van der Waals surface area contributed by atoms with Crippen molar-refractivity contribution in [3.8, 4) is 6.07 Å². The standard InChI is InChI=1S/C7H4BrClN2/c1-4-2-5(8)6(3-10)11-7(4)9/h2H,1H3. The molecule has 0 saturated carbocycles. The van der Waals surface area contributed by atoms with Crippen LogP contribution in [0.2, 0.25) is 5.15 Å². The van der Waals surface area contributed by atoms with Crippen LogP contribution in [-0.4, -0.2) is 4.98 Å². The summed E-state index contributed by atoms with van der Waals surface area (Å²) < 4.78 is 0.682. The third-order valence-corrected chi connectivity index (χ3v) is 2.20. The lowest BCUT2D eigenvalue weighted by Gasteiger charge is -1.98. The first-order valence-electron chi connectivity index (χ1n) is 2.88. The zero-order chi connectivity index (χ0) is 8.43. The van der Waals surface area contributed by atoms with Gasteiger partial charge < -0.3 is 0 Å². The number of hydrogen-bond acceptors (Lipinski definition) is 2. The van der Waals surface area contributed by atoms with E-state index in [4.69, 9.17) is 16.9 Å². The number of hydrogen-bond donors (Lipinski definition) is 0. The van der Waals surface area contributed by atoms with E-state index < -0.39 is 0 Å². The Hall–Kier alpha value is -0.590. The molecule has 1 rings (SSSR count). The van der Waals surface area contributed by atoms with E-state index in [1.54, 1.807) is 6.07 Å². The van der Waals surface area contributed by atoms with Crippen molar-refractivity contribution in [2.24, 2.45) is 0 Å². The van der Waals surface area contributed by atoms with E-state index in [1.165, 1.54) is 0 Å². The van der Waals surface area contributed by atoms with Gasteiger partial charge in [-0.1, -0.05) is 11.6 Å². The molecule has 0 spiro atoms. The first-order valence-corrected chi connectivity index (χ1v) is 4.05. The molecule has 1 aromatic rings. The highest BCUT2D eigenvalue weighted by molar-refractivity contribution is 9.10. The van der Waals surface area contributed by atoms with Gasteiger partial charge in [0, 0.05) is 0 Å². The first kappa shape index (κ1) is 8.51. The summed E-state index contributed by atoms with van der Waals surface area (Å²) in [5.74, 6) is 0. The Morgan fingerprint density at radius 3 is 2.91 bits per heavy atom. The van der Waals surface area contributed by atoms with Gasteiger partial charge in [-0.05, 0) is 34.5 Å². The quantitative estimate of drug-likeness (QED) is 0.644. The number of nitriles is 1. The van der Waals surface area contributed by atoms with Gasteiger partial charge in [0.2, 0.25) is 0 Å². The van der Waals surface area contributed by atoms with Crippen molar-refractivity contribution in [1.82, 2.24) is 4.98 Å². The van der Waals surface area contributed by atoms with Crippen molar-refractivity contribution >= 4 is 27.5 Å². The van der Waals surface area contributed by atoms with E-state index in [-0.39, 0.29) is 0 Å². The molecular formula is C7H4BrClN2. The zero-order valence-corrected chi connectivity index (χ0v) is 8.07. The van der Waals surface area contributed by atoms with E-state index in [2.05, 4.69) is 20.9 Å². The van der Waals surface area contributed by atoms with Crippen LogP contribution >= 0.6 is 27.5 Å². The maximum absolute atomic E-state index is 8.53. The summed E-state index contributed by atoms with van der Waals surface area (Å²) >= 11 is 8.88. The smallest absolute Gasteiger partial charge is 0.156 e. The van der Waals surface area contributed by atoms with Crippen molar-refractivity contribution < 1.29 is 0 Å². The van der Waals surface area contributed by atoms with Crippen molar-refractivity contribution in [2.75, 3.05) is 0 Å². The molecule has 0 fully saturated rings. The van der Waals surface area contributed by atoms with Crippen molar-refractivity contribution in [1.29, 1.82) is 5.26 Å². The fourth-order valence-electron chi connectivity index (χ4n) is 0.636. The van der Waals surface area contributed by atoms with Gasteiger partial charge in [-0.3, -0.25) is 0 Å². The van der Waals surface area contributed by atoms with E-state index in [0.717, 1.165) is 5.56 Å². The molecule has 0 saturated heterocycles. The average molecular weight is 231 g/mol. The third-order valence-electron chi connectivity index (χ3n) is 1.21. The van der Waals surface area contributed by atoms with Crippen molar-refractivity contribution in [2.45, 2.75) is 6.92 Å². The Balaban J connectivity index is 3.35. The largest absolute Gasteiger partial charge is 0.224 e. The summed E-state index contributed by atoms with van der Waals surface area (Å²) in [6, 6.07) is 3.69. The van der Waals surface area contributed by atoms with E-state index in [9.17, 15) is 0 Å². The van der Waals surface area contributed by atoms with E-state index in [1.807, 2.05) is 13.0 Å². The molecule has 0 atom stereocenters. The van der Waals surface area contributed by atoms with Gasteiger partial charge in [0.1, 0.15) is 11.2 Å². The SMILES string of the molecule is Cc1cc(Br)c(C#N)nc1Cl. The topological polar surface area (TPSA) is 36.7 Å². The Kier molecular flexibility index (Phi) is 2.48. The normalized spacial score (nSPS) is 9.27. The highest BCUT2D eigenvalue weighted by atomic mass is 79.9. The zero-order valence-electron chi connectivity index (χ0n) is 5.73. The summed E-state index contributed by atoms with van der Waals surface area (Å²) in [5.41, 5.74) is 1.18. The number of nitrogens with zero attached hydrogens (tertiary/aromatic N) is 2. The van der Waals surface area contributed by atoms with Crippen LogP contribution in [0.15, 0.2) is 10.5 Å². The Bertz CT molecular complexity index is 330. The first-order chi connectivity index (χ1) is 5.15. The fraction of sp³-hybridized carbons (Fsp3) is 0.143. The van der Waals surface area contributed by atoms with Crippen molar-refractivity contribution in [3.05, 3.63) is 26.9 Å². The monoisotopic (exact) mass is 230 g/mol. The van der Waals surface area contributed by atoms with Crippen LogP contribution in [0.25, 0.3) is 0 Å². The molecule has 1 aromatic heterocycles. The summed E-state index contributed by atoms with van der Waals surface area (Å²) in [4.78, 5) is 3.85. The minimum absolute atomic E-state index is 0.320. The Morgan fingerprint density at radius 1 is 1.73 bits per heavy atom. The molecule has 0 radical (unpaired) electrons. The van der Waals surface area contributed by atoms with Gasteiger partial charge in [0.05, 0.1) is 4.47 Å². The maximum atomic E-state index is 8.53. The number of pyridine rings is 1. The van der Waals surface area contributed by atoms with E-state index in [0.29, 0.717) is 15.3 Å². The maximum Gasteiger partial charge on any atom is 0.156 e. The van der Waals surface area contributed by atoms with E-state index >= 15 is 0 Å². The lowest BCUT2D eigenvalue weighted by Crippen LogP contribution is -1.87. The molecular weight excluding hydrogens is 227 g/mol. The predicted molar refractivity (Wildman–Crippen MR) is 46.4 cm³/mol. The highest BCUT2D eigenvalue weighted by Gasteiger charge is 2.03. The van der Waals surface area contributed by atoms with Crippen LogP contribution in [0.4, 0.5) is 0 Å². The number of halogens is 2. The Morgan fingerprint density at radius 2 is 2.36 bits per heavy atom. The minimum atomic E-state index is 0.320. The number of rotatable bonds is 0. The molecule has 2 nitrogen and oxygen atoms in total. The van der Waals surface area contributed by atoms with Crippen molar-refractivity contribution in [3.63, 3.8) is 0 Å². The third kappa shape index (κ3) is 1.70. The second-order valence-corrected chi connectivity index (χ2v) is 3.25. The van der Waals surface area contributed by atoms with Gasteiger partial charge in [0.25, 0.3) is 0 Å². The summed E-state index contributed by atoms with van der Waals surface area (Å²) in [5, 5.41) is 8.91. The number of aromatic nitrogens is 1. The van der Waals surface area contributed by atoms with Gasteiger partial charge in [0.15, 0.2) is 5.69 Å². The summed E-state index contributed by atoms with van der Waals surface area (Å²) in [7, 11) is 0. The van der Waals surface area contributed by atoms with Crippen LogP contribution in [0.5, 0.6) is 0 Å². The molecule has 0 N–H and O–H groups in total. The van der Waals surface area contributed by atoms with Crippen LogP contribution in [-0.2, 0) is 0 Å². The van der Waals surface area contributed by atoms with Gasteiger partial charge in [-0.15, -0.1) is 0 Å². The van der Waals surface area contributed by atoms with Crippen LogP contribution in [0, 0.1) is 18.3 Å². The fourth-order valence-corrected chi connectivity index (χ4v) is 1.30.